The third kappa shape index (κ3) is 3.90. The zero-order chi connectivity index (χ0) is 12.1. The van der Waals surface area contributed by atoms with Gasteiger partial charge in [0.2, 0.25) is 5.91 Å². The molecule has 0 bridgehead atoms. The fraction of sp³-hybridized carbons (Fsp3) is 0.636. The molecule has 0 aliphatic heterocycles. The minimum absolute atomic E-state index is 0.0174. The highest BCUT2D eigenvalue weighted by Gasteiger charge is 2.14. The van der Waals surface area contributed by atoms with Crippen molar-refractivity contribution in [2.24, 2.45) is 11.7 Å². The molecule has 0 fully saturated rings. The van der Waals surface area contributed by atoms with Crippen LogP contribution in [0.2, 0.25) is 0 Å². The number of hydrogen-bond donors (Lipinski definition) is 2. The molecule has 1 amide bonds. The largest absolute Gasteiger partial charge is 0.347 e. The van der Waals surface area contributed by atoms with Gasteiger partial charge in [-0.25, -0.2) is 4.98 Å². The molecular weight excluding hydrogens is 222 g/mol. The maximum atomic E-state index is 11.6. The smallest absolute Gasteiger partial charge is 0.220 e. The molecule has 2 atom stereocenters. The Morgan fingerprint density at radius 1 is 1.62 bits per heavy atom. The van der Waals surface area contributed by atoms with Crippen molar-refractivity contribution in [1.29, 1.82) is 0 Å². The molecule has 1 heterocycles. The van der Waals surface area contributed by atoms with Gasteiger partial charge in [-0.1, -0.05) is 6.92 Å². The molecule has 0 spiro atoms. The first kappa shape index (κ1) is 13.1. The molecule has 1 aromatic rings. The molecule has 0 aliphatic rings. The lowest BCUT2D eigenvalue weighted by Gasteiger charge is -2.13. The van der Waals surface area contributed by atoms with Crippen molar-refractivity contribution in [2.75, 3.05) is 6.54 Å². The van der Waals surface area contributed by atoms with Crippen LogP contribution in [0.3, 0.4) is 0 Å². The van der Waals surface area contributed by atoms with Crippen molar-refractivity contribution < 1.29 is 4.79 Å². The summed E-state index contributed by atoms with van der Waals surface area (Å²) >= 11 is 1.57. The predicted molar refractivity (Wildman–Crippen MR) is 66.2 cm³/mol. The highest BCUT2D eigenvalue weighted by Crippen LogP contribution is 2.17. The Morgan fingerprint density at radius 3 is 2.81 bits per heavy atom. The monoisotopic (exact) mass is 241 g/mol. The van der Waals surface area contributed by atoms with Crippen molar-refractivity contribution in [3.63, 3.8) is 0 Å². The summed E-state index contributed by atoms with van der Waals surface area (Å²) in [6.07, 6.45) is 0.477. The number of rotatable bonds is 5. The van der Waals surface area contributed by atoms with E-state index in [1.54, 1.807) is 11.3 Å². The van der Waals surface area contributed by atoms with E-state index < -0.39 is 0 Å². The maximum Gasteiger partial charge on any atom is 0.220 e. The maximum absolute atomic E-state index is 11.6. The van der Waals surface area contributed by atoms with Gasteiger partial charge in [-0.2, -0.15) is 0 Å². The lowest BCUT2D eigenvalue weighted by atomic mass is 10.1. The average Bonchev–Trinajstić information content (AvgIpc) is 2.64. The fourth-order valence-electron chi connectivity index (χ4n) is 1.33. The average molecular weight is 241 g/mol. The van der Waals surface area contributed by atoms with Crippen molar-refractivity contribution >= 4 is 17.2 Å². The Balaban J connectivity index is 2.45. The molecule has 0 radical (unpaired) electrons. The molecule has 0 aliphatic carbocycles. The van der Waals surface area contributed by atoms with Crippen LogP contribution < -0.4 is 11.1 Å². The number of hydrogen-bond acceptors (Lipinski definition) is 4. The van der Waals surface area contributed by atoms with Crippen LogP contribution in [0.1, 0.15) is 37.0 Å². The lowest BCUT2D eigenvalue weighted by Crippen LogP contribution is -2.29. The number of carbonyl (C=O) groups excluding carboxylic acids is 1. The van der Waals surface area contributed by atoms with Gasteiger partial charge in [0.25, 0.3) is 0 Å². The third-order valence-corrected chi connectivity index (χ3v) is 3.47. The van der Waals surface area contributed by atoms with Crippen LogP contribution in [0.15, 0.2) is 5.38 Å². The zero-order valence-corrected chi connectivity index (χ0v) is 10.8. The second kappa shape index (κ2) is 5.96. The van der Waals surface area contributed by atoms with E-state index in [1.165, 1.54) is 0 Å². The lowest BCUT2D eigenvalue weighted by molar-refractivity contribution is -0.122. The topological polar surface area (TPSA) is 68.0 Å². The van der Waals surface area contributed by atoms with Gasteiger partial charge >= 0.3 is 0 Å². The van der Waals surface area contributed by atoms with E-state index in [9.17, 15) is 4.79 Å². The standard InChI is InChI=1S/C11H19N3OS/c1-7(5-12)4-10(15)14-9(3)11-13-8(2)6-16-11/h6-7,9H,4-5,12H2,1-3H3,(H,14,15). The molecule has 16 heavy (non-hydrogen) atoms. The van der Waals surface area contributed by atoms with Crippen LogP contribution in [0.25, 0.3) is 0 Å². The van der Waals surface area contributed by atoms with Crippen molar-refractivity contribution in [3.8, 4) is 0 Å². The summed E-state index contributed by atoms with van der Waals surface area (Å²) < 4.78 is 0. The summed E-state index contributed by atoms with van der Waals surface area (Å²) in [6.45, 7) is 6.41. The third-order valence-electron chi connectivity index (χ3n) is 2.32. The summed E-state index contributed by atoms with van der Waals surface area (Å²) in [5.74, 6) is 0.267. The summed E-state index contributed by atoms with van der Waals surface area (Å²) in [5.41, 5.74) is 6.47. The molecule has 3 N–H and O–H groups in total. The molecule has 0 aromatic carbocycles. The van der Waals surface area contributed by atoms with E-state index in [0.717, 1.165) is 10.7 Å². The fourth-order valence-corrected chi connectivity index (χ4v) is 2.14. The Kier molecular flexibility index (Phi) is 4.89. The van der Waals surface area contributed by atoms with Crippen LogP contribution in [-0.4, -0.2) is 17.4 Å². The Labute approximate surface area is 100 Å². The van der Waals surface area contributed by atoms with Crippen molar-refractivity contribution in [3.05, 3.63) is 16.1 Å². The number of nitrogens with one attached hydrogen (secondary N) is 1. The summed E-state index contributed by atoms with van der Waals surface area (Å²) in [7, 11) is 0. The van der Waals surface area contributed by atoms with Crippen LogP contribution in [0, 0.1) is 12.8 Å². The number of amides is 1. The first-order valence-electron chi connectivity index (χ1n) is 5.44. The molecule has 4 nitrogen and oxygen atoms in total. The van der Waals surface area contributed by atoms with E-state index in [2.05, 4.69) is 10.3 Å². The van der Waals surface area contributed by atoms with Gasteiger partial charge in [-0.15, -0.1) is 11.3 Å². The van der Waals surface area contributed by atoms with Gasteiger partial charge in [0.15, 0.2) is 0 Å². The van der Waals surface area contributed by atoms with Gasteiger partial charge in [-0.05, 0) is 26.3 Å². The van der Waals surface area contributed by atoms with Crippen LogP contribution >= 0.6 is 11.3 Å². The number of thiazole rings is 1. The molecule has 5 heteroatoms. The predicted octanol–water partition coefficient (Wildman–Crippen LogP) is 1.61. The summed E-state index contributed by atoms with van der Waals surface area (Å²) in [6, 6.07) is -0.0174. The van der Waals surface area contributed by atoms with Gasteiger partial charge in [0, 0.05) is 17.5 Å². The summed E-state index contributed by atoms with van der Waals surface area (Å²) in [4.78, 5) is 16.0. The number of carbonyl (C=O) groups is 1. The van der Waals surface area contributed by atoms with Crippen LogP contribution in [0.5, 0.6) is 0 Å². The number of aromatic nitrogens is 1. The van der Waals surface area contributed by atoms with E-state index in [-0.39, 0.29) is 17.9 Å². The first-order chi connectivity index (χ1) is 7.52. The highest BCUT2D eigenvalue weighted by atomic mass is 32.1. The van der Waals surface area contributed by atoms with Crippen LogP contribution in [0.4, 0.5) is 0 Å². The number of aryl methyl sites for hydroxylation is 1. The van der Waals surface area contributed by atoms with Crippen molar-refractivity contribution in [2.45, 2.75) is 33.2 Å². The second-order valence-corrected chi connectivity index (χ2v) is 5.05. The van der Waals surface area contributed by atoms with Crippen LogP contribution in [-0.2, 0) is 4.79 Å². The quantitative estimate of drug-likeness (QED) is 0.823. The Bertz CT molecular complexity index is 351. The Morgan fingerprint density at radius 2 is 2.31 bits per heavy atom. The Hall–Kier alpha value is -0.940. The normalized spacial score (nSPS) is 14.5. The van der Waals surface area contributed by atoms with Crippen molar-refractivity contribution in [1.82, 2.24) is 10.3 Å². The van der Waals surface area contributed by atoms with Gasteiger partial charge in [0.05, 0.1) is 6.04 Å². The molecule has 1 rings (SSSR count). The van der Waals surface area contributed by atoms with E-state index in [1.807, 2.05) is 26.2 Å². The van der Waals surface area contributed by atoms with Gasteiger partial charge in [0.1, 0.15) is 5.01 Å². The van der Waals surface area contributed by atoms with E-state index >= 15 is 0 Å². The molecule has 0 saturated heterocycles. The summed E-state index contributed by atoms with van der Waals surface area (Å²) in [5, 5.41) is 5.86. The number of nitrogens with zero attached hydrogens (tertiary/aromatic N) is 1. The van der Waals surface area contributed by atoms with E-state index in [4.69, 9.17) is 5.73 Å². The molecule has 90 valence electrons. The molecule has 0 saturated carbocycles. The number of nitrogens with two attached hydrogens (primary N) is 1. The van der Waals surface area contributed by atoms with Gasteiger partial charge in [-0.3, -0.25) is 4.79 Å². The van der Waals surface area contributed by atoms with E-state index in [0.29, 0.717) is 13.0 Å². The molecule has 1 aromatic heterocycles. The second-order valence-electron chi connectivity index (χ2n) is 4.16. The zero-order valence-electron chi connectivity index (χ0n) is 9.99. The molecular formula is C11H19N3OS. The molecule has 2 unspecified atom stereocenters. The minimum Gasteiger partial charge on any atom is -0.347 e. The van der Waals surface area contributed by atoms with Gasteiger partial charge < -0.3 is 11.1 Å². The highest BCUT2D eigenvalue weighted by molar-refractivity contribution is 7.09. The SMILES string of the molecule is Cc1csc(C(C)NC(=O)CC(C)CN)n1. The first-order valence-corrected chi connectivity index (χ1v) is 6.32. The minimum atomic E-state index is -0.0174.